The number of halogens is 1. The van der Waals surface area contributed by atoms with E-state index in [0.29, 0.717) is 0 Å². The zero-order valence-corrected chi connectivity index (χ0v) is 12.8. The maximum Gasteiger partial charge on any atom is 0.330 e. The number of nitrogens with zero attached hydrogens (tertiary/aromatic N) is 2. The molecule has 1 aliphatic rings. The summed E-state index contributed by atoms with van der Waals surface area (Å²) in [5.41, 5.74) is -1.38. The summed E-state index contributed by atoms with van der Waals surface area (Å²) in [4.78, 5) is 24.9. The van der Waals surface area contributed by atoms with Gasteiger partial charge in [-0.15, -0.1) is 0 Å². The van der Waals surface area contributed by atoms with Crippen LogP contribution in [0.25, 0.3) is 0 Å². The van der Waals surface area contributed by atoms with Gasteiger partial charge in [0.2, 0.25) is 0 Å². The average Bonchev–Trinajstić information content (AvgIpc) is 2.83. The number of rotatable bonds is 7. The summed E-state index contributed by atoms with van der Waals surface area (Å²) in [6, 6.07) is 2.97. The number of H-pyrrole nitrogens is 1. The molecule has 2 heterocycles. The zero-order valence-electron chi connectivity index (χ0n) is 11.8. The SMILES string of the molecule is N#CCCOPOC1[C@H](F)[C@H](CO)O[C@@H]1n1ccc(=O)[nH]c1=O. The van der Waals surface area contributed by atoms with Crippen molar-refractivity contribution in [1.82, 2.24) is 9.55 Å². The molecule has 0 aromatic carbocycles. The molecule has 0 bridgehead atoms. The normalized spacial score (nSPS) is 27.5. The predicted octanol–water partition coefficient (Wildman–Crippen LogP) is -0.412. The third kappa shape index (κ3) is 4.22. The number of aliphatic hydroxyl groups excluding tert-OH is 1. The summed E-state index contributed by atoms with van der Waals surface area (Å²) >= 11 is 0. The van der Waals surface area contributed by atoms with Gasteiger partial charge in [0.25, 0.3) is 5.56 Å². The lowest BCUT2D eigenvalue weighted by atomic mass is 10.1. The monoisotopic (exact) mass is 347 g/mol. The van der Waals surface area contributed by atoms with Crippen LogP contribution in [0.4, 0.5) is 4.39 Å². The molecule has 9 nitrogen and oxygen atoms in total. The van der Waals surface area contributed by atoms with Crippen molar-refractivity contribution < 1.29 is 23.3 Å². The third-order valence-electron chi connectivity index (χ3n) is 3.13. The van der Waals surface area contributed by atoms with Gasteiger partial charge in [0, 0.05) is 12.3 Å². The topological polar surface area (TPSA) is 127 Å². The molecule has 1 fully saturated rings. The minimum atomic E-state index is -1.68. The second-order valence-electron chi connectivity index (χ2n) is 4.63. The average molecular weight is 347 g/mol. The number of hydrogen-bond acceptors (Lipinski definition) is 7. The Kier molecular flexibility index (Phi) is 6.38. The van der Waals surface area contributed by atoms with E-state index in [-0.39, 0.29) is 13.0 Å². The Bertz CT molecular complexity index is 674. The first kappa shape index (κ1) is 17.7. The van der Waals surface area contributed by atoms with Crippen LogP contribution in [-0.2, 0) is 13.8 Å². The number of aromatic nitrogens is 2. The van der Waals surface area contributed by atoms with Crippen molar-refractivity contribution in [3.8, 4) is 6.07 Å². The van der Waals surface area contributed by atoms with Crippen molar-refractivity contribution in [3.05, 3.63) is 33.1 Å². The number of nitriles is 1. The van der Waals surface area contributed by atoms with Gasteiger partial charge in [-0.3, -0.25) is 14.3 Å². The maximum atomic E-state index is 14.3. The van der Waals surface area contributed by atoms with Crippen molar-refractivity contribution >= 4 is 9.03 Å². The van der Waals surface area contributed by atoms with E-state index in [1.807, 2.05) is 11.1 Å². The lowest BCUT2D eigenvalue weighted by Gasteiger charge is -2.20. The van der Waals surface area contributed by atoms with Gasteiger partial charge >= 0.3 is 5.69 Å². The summed E-state index contributed by atoms with van der Waals surface area (Å²) in [6.07, 6.45) is -3.87. The van der Waals surface area contributed by atoms with Gasteiger partial charge in [-0.1, -0.05) is 0 Å². The van der Waals surface area contributed by atoms with Crippen molar-refractivity contribution in [2.75, 3.05) is 13.2 Å². The molecule has 23 heavy (non-hydrogen) atoms. The summed E-state index contributed by atoms with van der Waals surface area (Å²) in [7, 11) is -0.562. The Balaban J connectivity index is 2.13. The molecule has 1 aliphatic heterocycles. The van der Waals surface area contributed by atoms with Crippen LogP contribution in [-0.4, -0.2) is 46.3 Å². The first-order valence-corrected chi connectivity index (χ1v) is 7.51. The number of nitrogens with one attached hydrogen (secondary N) is 1. The summed E-state index contributed by atoms with van der Waals surface area (Å²) in [5.74, 6) is 0. The van der Waals surface area contributed by atoms with Gasteiger partial charge in [-0.05, 0) is 0 Å². The Morgan fingerprint density at radius 2 is 2.35 bits per heavy atom. The molecule has 126 valence electrons. The van der Waals surface area contributed by atoms with E-state index in [1.165, 1.54) is 0 Å². The van der Waals surface area contributed by atoms with Crippen molar-refractivity contribution in [2.45, 2.75) is 31.0 Å². The first-order chi connectivity index (χ1) is 11.1. The van der Waals surface area contributed by atoms with E-state index in [1.54, 1.807) is 0 Å². The van der Waals surface area contributed by atoms with E-state index in [0.717, 1.165) is 16.8 Å². The molecule has 0 spiro atoms. The fourth-order valence-corrected chi connectivity index (χ4v) is 2.66. The van der Waals surface area contributed by atoms with Gasteiger partial charge in [-0.25, -0.2) is 9.18 Å². The van der Waals surface area contributed by atoms with Crippen LogP contribution in [0.1, 0.15) is 12.6 Å². The third-order valence-corrected chi connectivity index (χ3v) is 3.82. The molecule has 2 rings (SSSR count). The van der Waals surface area contributed by atoms with Crippen LogP contribution in [0.5, 0.6) is 0 Å². The molecule has 0 radical (unpaired) electrons. The Morgan fingerprint density at radius 1 is 1.57 bits per heavy atom. The molecule has 0 aliphatic carbocycles. The molecule has 2 unspecified atom stereocenters. The maximum absolute atomic E-state index is 14.3. The minimum Gasteiger partial charge on any atom is -0.394 e. The van der Waals surface area contributed by atoms with Crippen LogP contribution >= 0.6 is 9.03 Å². The highest BCUT2D eigenvalue weighted by Gasteiger charge is 2.47. The minimum absolute atomic E-state index is 0.131. The highest BCUT2D eigenvalue weighted by molar-refractivity contribution is 7.26. The number of aliphatic hydroxyl groups is 1. The standard InChI is InChI=1S/C12H15FN3O6P/c13-9-7(6-17)21-11(10(9)22-23-20-5-1-3-14)16-4-2-8(18)15-12(16)19/h2,4,7,9-11,17,23H,1,5-6H2,(H,15,18,19)/t7-,9+,10?,11-/m0/s1. The van der Waals surface area contributed by atoms with Gasteiger partial charge in [0.15, 0.2) is 21.4 Å². The number of hydrogen-bond donors (Lipinski definition) is 2. The van der Waals surface area contributed by atoms with E-state index in [9.17, 15) is 14.0 Å². The van der Waals surface area contributed by atoms with E-state index >= 15 is 0 Å². The van der Waals surface area contributed by atoms with E-state index in [2.05, 4.69) is 0 Å². The van der Waals surface area contributed by atoms with E-state index < -0.39 is 51.5 Å². The van der Waals surface area contributed by atoms with Crippen molar-refractivity contribution in [1.29, 1.82) is 5.26 Å². The molecule has 0 saturated carbocycles. The predicted molar refractivity (Wildman–Crippen MR) is 76.6 cm³/mol. The van der Waals surface area contributed by atoms with Gasteiger partial charge in [-0.2, -0.15) is 5.26 Å². The number of alkyl halides is 1. The van der Waals surface area contributed by atoms with Crippen molar-refractivity contribution in [3.63, 3.8) is 0 Å². The van der Waals surface area contributed by atoms with Gasteiger partial charge < -0.3 is 18.9 Å². The molecular formula is C12H15FN3O6P. The summed E-state index contributed by atoms with van der Waals surface area (Å²) < 4.78 is 30.9. The highest BCUT2D eigenvalue weighted by atomic mass is 31.1. The lowest BCUT2D eigenvalue weighted by molar-refractivity contribution is -0.0493. The number of ether oxygens (including phenoxy) is 1. The molecule has 0 amide bonds. The number of aromatic amines is 1. The highest BCUT2D eigenvalue weighted by Crippen LogP contribution is 2.36. The zero-order chi connectivity index (χ0) is 16.8. The Labute approximate surface area is 131 Å². The summed E-state index contributed by atoms with van der Waals surface area (Å²) in [5, 5.41) is 17.5. The van der Waals surface area contributed by atoms with Crippen LogP contribution in [0.15, 0.2) is 21.9 Å². The summed E-state index contributed by atoms with van der Waals surface area (Å²) in [6.45, 7) is -0.458. The first-order valence-electron chi connectivity index (χ1n) is 6.69. The van der Waals surface area contributed by atoms with Crippen LogP contribution in [0.2, 0.25) is 0 Å². The fraction of sp³-hybridized carbons (Fsp3) is 0.583. The van der Waals surface area contributed by atoms with Crippen LogP contribution in [0, 0.1) is 11.3 Å². The molecular weight excluding hydrogens is 332 g/mol. The molecule has 11 heteroatoms. The Hall–Kier alpha value is -1.63. The smallest absolute Gasteiger partial charge is 0.330 e. The van der Waals surface area contributed by atoms with Crippen molar-refractivity contribution in [2.24, 2.45) is 0 Å². The molecule has 2 N–H and O–H groups in total. The molecule has 1 aromatic rings. The van der Waals surface area contributed by atoms with Crippen LogP contribution < -0.4 is 11.2 Å². The molecule has 5 atom stereocenters. The Morgan fingerprint density at radius 3 is 3.00 bits per heavy atom. The molecule has 1 saturated heterocycles. The van der Waals surface area contributed by atoms with E-state index in [4.69, 9.17) is 24.2 Å². The van der Waals surface area contributed by atoms with Gasteiger partial charge in [0.1, 0.15) is 12.2 Å². The second kappa shape index (κ2) is 8.29. The lowest BCUT2D eigenvalue weighted by Crippen LogP contribution is -2.37. The second-order valence-corrected chi connectivity index (χ2v) is 5.32. The molecule has 1 aromatic heterocycles. The largest absolute Gasteiger partial charge is 0.394 e. The van der Waals surface area contributed by atoms with Gasteiger partial charge in [0.05, 0.1) is 25.7 Å². The van der Waals surface area contributed by atoms with Crippen LogP contribution in [0.3, 0.4) is 0 Å². The quantitative estimate of drug-likeness (QED) is 0.507. The fourth-order valence-electron chi connectivity index (χ4n) is 2.05.